The van der Waals surface area contributed by atoms with Crippen molar-refractivity contribution in [1.82, 2.24) is 4.57 Å². The topological polar surface area (TPSA) is 30.9 Å². The third-order valence-corrected chi connectivity index (χ3v) is 2.77. The molecule has 84 valence electrons. The van der Waals surface area contributed by atoms with E-state index in [0.717, 1.165) is 22.6 Å². The second kappa shape index (κ2) is 4.10. The number of rotatable bonds is 2. The lowest BCUT2D eigenvalue weighted by molar-refractivity contribution is 0.624. The molecule has 0 spiro atoms. The Labute approximate surface area is 94.5 Å². The molecule has 0 bridgehead atoms. The van der Waals surface area contributed by atoms with Crippen LogP contribution in [-0.4, -0.2) is 4.57 Å². The summed E-state index contributed by atoms with van der Waals surface area (Å²) in [7, 11) is 0. The van der Waals surface area contributed by atoms with E-state index in [2.05, 4.69) is 4.57 Å². The van der Waals surface area contributed by atoms with Crippen LogP contribution in [-0.2, 0) is 6.54 Å². The number of hydrogen-bond donors (Lipinski definition) is 1. The zero-order chi connectivity index (χ0) is 11.7. The average molecular weight is 218 g/mol. The quantitative estimate of drug-likeness (QED) is 0.825. The van der Waals surface area contributed by atoms with E-state index < -0.39 is 0 Å². The first kappa shape index (κ1) is 10.9. The van der Waals surface area contributed by atoms with E-state index >= 15 is 0 Å². The molecule has 2 nitrogen and oxygen atoms in total. The SMILES string of the molecule is Cc1ccc(C)n1-c1ccc(F)cc1CN. The summed E-state index contributed by atoms with van der Waals surface area (Å²) >= 11 is 0. The van der Waals surface area contributed by atoms with Gasteiger partial charge < -0.3 is 10.3 Å². The van der Waals surface area contributed by atoms with Crippen LogP contribution in [0.4, 0.5) is 4.39 Å². The Kier molecular flexibility index (Phi) is 2.79. The van der Waals surface area contributed by atoms with Crippen molar-refractivity contribution in [2.45, 2.75) is 20.4 Å². The van der Waals surface area contributed by atoms with Gasteiger partial charge in [0.2, 0.25) is 0 Å². The summed E-state index contributed by atoms with van der Waals surface area (Å²) in [5.41, 5.74) is 9.68. The van der Waals surface area contributed by atoms with Gasteiger partial charge in [-0.25, -0.2) is 4.39 Å². The Hall–Kier alpha value is -1.61. The van der Waals surface area contributed by atoms with Crippen LogP contribution in [0.25, 0.3) is 5.69 Å². The molecule has 1 heterocycles. The number of nitrogens with zero attached hydrogens (tertiary/aromatic N) is 1. The number of hydrogen-bond acceptors (Lipinski definition) is 1. The van der Waals surface area contributed by atoms with Crippen molar-refractivity contribution in [2.24, 2.45) is 5.73 Å². The molecule has 0 aliphatic carbocycles. The smallest absolute Gasteiger partial charge is 0.123 e. The first-order chi connectivity index (χ1) is 7.63. The number of halogens is 1. The Morgan fingerprint density at radius 3 is 2.31 bits per heavy atom. The summed E-state index contributed by atoms with van der Waals surface area (Å²) in [5, 5.41) is 0. The summed E-state index contributed by atoms with van der Waals surface area (Å²) in [5.74, 6) is -0.244. The molecule has 0 unspecified atom stereocenters. The zero-order valence-electron chi connectivity index (χ0n) is 9.50. The van der Waals surface area contributed by atoms with Gasteiger partial charge in [-0.3, -0.25) is 0 Å². The molecule has 2 rings (SSSR count). The number of aryl methyl sites for hydroxylation is 2. The van der Waals surface area contributed by atoms with Crippen LogP contribution in [0.1, 0.15) is 17.0 Å². The van der Waals surface area contributed by atoms with E-state index in [1.165, 1.54) is 12.1 Å². The van der Waals surface area contributed by atoms with Crippen molar-refractivity contribution in [3.63, 3.8) is 0 Å². The van der Waals surface area contributed by atoms with E-state index in [-0.39, 0.29) is 5.82 Å². The third-order valence-electron chi connectivity index (χ3n) is 2.77. The standard InChI is InChI=1S/C13H15FN2/c1-9-3-4-10(2)16(9)13-6-5-12(14)7-11(13)8-15/h3-7H,8,15H2,1-2H3. The lowest BCUT2D eigenvalue weighted by Crippen LogP contribution is -2.07. The molecular formula is C13H15FN2. The lowest BCUT2D eigenvalue weighted by atomic mass is 10.1. The van der Waals surface area contributed by atoms with Gasteiger partial charge in [0.25, 0.3) is 0 Å². The molecule has 0 saturated heterocycles. The number of benzene rings is 1. The first-order valence-corrected chi connectivity index (χ1v) is 5.27. The predicted octanol–water partition coefficient (Wildman–Crippen LogP) is 2.69. The Morgan fingerprint density at radius 1 is 1.12 bits per heavy atom. The minimum Gasteiger partial charge on any atom is -0.326 e. The molecule has 0 aliphatic rings. The van der Waals surface area contributed by atoms with Crippen molar-refractivity contribution < 1.29 is 4.39 Å². The maximum absolute atomic E-state index is 13.1. The maximum Gasteiger partial charge on any atom is 0.123 e. The van der Waals surface area contributed by atoms with Crippen LogP contribution < -0.4 is 5.73 Å². The molecule has 1 aromatic heterocycles. The summed E-state index contributed by atoms with van der Waals surface area (Å²) in [4.78, 5) is 0. The molecule has 2 N–H and O–H groups in total. The summed E-state index contributed by atoms with van der Waals surface area (Å²) in [6.07, 6.45) is 0. The molecule has 0 aliphatic heterocycles. The van der Waals surface area contributed by atoms with Gasteiger partial charge in [-0.05, 0) is 49.7 Å². The highest BCUT2D eigenvalue weighted by molar-refractivity contribution is 5.45. The molecule has 3 heteroatoms. The lowest BCUT2D eigenvalue weighted by Gasteiger charge is -2.13. The highest BCUT2D eigenvalue weighted by Crippen LogP contribution is 2.20. The monoisotopic (exact) mass is 218 g/mol. The van der Waals surface area contributed by atoms with Crippen molar-refractivity contribution in [3.05, 3.63) is 53.1 Å². The summed E-state index contributed by atoms with van der Waals surface area (Å²) in [6.45, 7) is 4.39. The van der Waals surface area contributed by atoms with Crippen molar-refractivity contribution in [3.8, 4) is 5.69 Å². The Morgan fingerprint density at radius 2 is 1.75 bits per heavy atom. The van der Waals surface area contributed by atoms with Crippen LogP contribution in [0, 0.1) is 19.7 Å². The third kappa shape index (κ3) is 1.74. The van der Waals surface area contributed by atoms with Crippen LogP contribution >= 0.6 is 0 Å². The molecule has 0 fully saturated rings. The van der Waals surface area contributed by atoms with E-state index in [1.54, 1.807) is 6.07 Å². The minimum atomic E-state index is -0.244. The van der Waals surface area contributed by atoms with E-state index in [4.69, 9.17) is 5.73 Å². The van der Waals surface area contributed by atoms with Crippen LogP contribution in [0.2, 0.25) is 0 Å². The van der Waals surface area contributed by atoms with Gasteiger partial charge in [0.05, 0.1) is 5.69 Å². The molecular weight excluding hydrogens is 203 g/mol. The number of nitrogens with two attached hydrogens (primary N) is 1. The van der Waals surface area contributed by atoms with Gasteiger partial charge in [0, 0.05) is 17.9 Å². The first-order valence-electron chi connectivity index (χ1n) is 5.27. The zero-order valence-corrected chi connectivity index (χ0v) is 9.50. The van der Waals surface area contributed by atoms with E-state index in [9.17, 15) is 4.39 Å². The van der Waals surface area contributed by atoms with Crippen molar-refractivity contribution >= 4 is 0 Å². The highest BCUT2D eigenvalue weighted by atomic mass is 19.1. The van der Waals surface area contributed by atoms with Crippen LogP contribution in [0.5, 0.6) is 0 Å². The molecule has 0 amide bonds. The van der Waals surface area contributed by atoms with Gasteiger partial charge >= 0.3 is 0 Å². The second-order valence-corrected chi connectivity index (χ2v) is 3.93. The van der Waals surface area contributed by atoms with Crippen LogP contribution in [0.3, 0.4) is 0 Å². The van der Waals surface area contributed by atoms with Crippen LogP contribution in [0.15, 0.2) is 30.3 Å². The Balaban J connectivity index is 2.64. The fourth-order valence-electron chi connectivity index (χ4n) is 1.98. The van der Waals surface area contributed by atoms with Gasteiger partial charge in [-0.15, -0.1) is 0 Å². The molecule has 0 atom stereocenters. The highest BCUT2D eigenvalue weighted by Gasteiger charge is 2.08. The van der Waals surface area contributed by atoms with Gasteiger partial charge in [0.1, 0.15) is 5.82 Å². The van der Waals surface area contributed by atoms with E-state index in [0.29, 0.717) is 6.54 Å². The maximum atomic E-state index is 13.1. The summed E-state index contributed by atoms with van der Waals surface area (Å²) in [6, 6.07) is 8.82. The number of aromatic nitrogens is 1. The van der Waals surface area contributed by atoms with Crippen molar-refractivity contribution in [2.75, 3.05) is 0 Å². The minimum absolute atomic E-state index is 0.244. The van der Waals surface area contributed by atoms with Gasteiger partial charge in [0.15, 0.2) is 0 Å². The van der Waals surface area contributed by atoms with Crippen molar-refractivity contribution in [1.29, 1.82) is 0 Å². The molecule has 0 radical (unpaired) electrons. The van der Waals surface area contributed by atoms with Gasteiger partial charge in [-0.2, -0.15) is 0 Å². The average Bonchev–Trinajstić information content (AvgIpc) is 2.59. The molecule has 2 aromatic rings. The Bertz CT molecular complexity index is 495. The predicted molar refractivity (Wildman–Crippen MR) is 63.1 cm³/mol. The fourth-order valence-corrected chi connectivity index (χ4v) is 1.98. The second-order valence-electron chi connectivity index (χ2n) is 3.93. The largest absolute Gasteiger partial charge is 0.326 e. The molecule has 16 heavy (non-hydrogen) atoms. The molecule has 0 saturated carbocycles. The molecule has 1 aromatic carbocycles. The normalized spacial score (nSPS) is 10.8. The fraction of sp³-hybridized carbons (Fsp3) is 0.231. The van der Waals surface area contributed by atoms with E-state index in [1.807, 2.05) is 26.0 Å². The summed E-state index contributed by atoms with van der Waals surface area (Å²) < 4.78 is 15.2. The van der Waals surface area contributed by atoms with Gasteiger partial charge in [-0.1, -0.05) is 0 Å².